The molecule has 3 aromatic rings. The molecule has 0 aliphatic heterocycles. The number of pyridine rings is 1. The molecule has 0 spiro atoms. The Balaban J connectivity index is 1.59. The minimum atomic E-state index is -0.484. The van der Waals surface area contributed by atoms with E-state index in [4.69, 9.17) is 4.74 Å². The van der Waals surface area contributed by atoms with Gasteiger partial charge in [-0.1, -0.05) is 60.7 Å². The number of esters is 1. The standard InChI is InChI=1S/C25H27N3O3/c1-19(27-22-13-8-14-26-17-22)25(30)28-23(15-20-9-4-2-5-10-20)16-24(29)31-18-21-11-6-3-7-12-21/h2-14,17,19,23,27H,15-16,18H2,1H3,(H,28,30)/t19-,23-/m0/s1. The Kier molecular flexibility index (Phi) is 8.17. The summed E-state index contributed by atoms with van der Waals surface area (Å²) in [5.41, 5.74) is 2.72. The van der Waals surface area contributed by atoms with Crippen LogP contribution in [0.15, 0.2) is 85.2 Å². The second-order valence-electron chi connectivity index (χ2n) is 7.35. The number of nitrogens with one attached hydrogen (secondary N) is 2. The van der Waals surface area contributed by atoms with Crippen molar-refractivity contribution in [1.82, 2.24) is 10.3 Å². The summed E-state index contributed by atoms with van der Waals surface area (Å²) in [6.45, 7) is 1.99. The monoisotopic (exact) mass is 417 g/mol. The van der Waals surface area contributed by atoms with Crippen molar-refractivity contribution >= 4 is 17.6 Å². The maximum atomic E-state index is 12.8. The molecule has 2 atom stereocenters. The first-order chi connectivity index (χ1) is 15.1. The van der Waals surface area contributed by atoms with Gasteiger partial charge in [-0.25, -0.2) is 0 Å². The van der Waals surface area contributed by atoms with E-state index in [0.29, 0.717) is 6.42 Å². The van der Waals surface area contributed by atoms with E-state index in [0.717, 1.165) is 16.8 Å². The third-order valence-corrected chi connectivity index (χ3v) is 4.77. The van der Waals surface area contributed by atoms with Gasteiger partial charge in [0.25, 0.3) is 0 Å². The van der Waals surface area contributed by atoms with E-state index in [-0.39, 0.29) is 30.9 Å². The molecule has 6 nitrogen and oxygen atoms in total. The number of rotatable bonds is 10. The first-order valence-corrected chi connectivity index (χ1v) is 10.3. The summed E-state index contributed by atoms with van der Waals surface area (Å²) < 4.78 is 5.42. The fraction of sp³-hybridized carbons (Fsp3) is 0.240. The zero-order valence-electron chi connectivity index (χ0n) is 17.5. The van der Waals surface area contributed by atoms with Gasteiger partial charge < -0.3 is 15.4 Å². The van der Waals surface area contributed by atoms with Gasteiger partial charge in [0, 0.05) is 18.4 Å². The van der Waals surface area contributed by atoms with E-state index in [2.05, 4.69) is 15.6 Å². The number of carbonyl (C=O) groups is 2. The van der Waals surface area contributed by atoms with E-state index in [1.807, 2.05) is 66.7 Å². The number of hydrogen-bond acceptors (Lipinski definition) is 5. The highest BCUT2D eigenvalue weighted by atomic mass is 16.5. The number of amides is 1. The highest BCUT2D eigenvalue weighted by Gasteiger charge is 2.21. The molecular weight excluding hydrogens is 390 g/mol. The lowest BCUT2D eigenvalue weighted by Crippen LogP contribution is -2.45. The van der Waals surface area contributed by atoms with Crippen LogP contribution in [0.3, 0.4) is 0 Å². The van der Waals surface area contributed by atoms with Gasteiger partial charge in [0.2, 0.25) is 5.91 Å². The Bertz CT molecular complexity index is 950. The molecule has 0 saturated carbocycles. The molecule has 160 valence electrons. The van der Waals surface area contributed by atoms with Crippen LogP contribution in [-0.4, -0.2) is 28.9 Å². The molecule has 6 heteroatoms. The van der Waals surface area contributed by atoms with Gasteiger partial charge in [0.05, 0.1) is 12.1 Å². The third-order valence-electron chi connectivity index (χ3n) is 4.77. The second kappa shape index (κ2) is 11.5. The summed E-state index contributed by atoms with van der Waals surface area (Å²) in [7, 11) is 0. The van der Waals surface area contributed by atoms with Crippen LogP contribution in [0.5, 0.6) is 0 Å². The lowest BCUT2D eigenvalue weighted by atomic mass is 10.0. The van der Waals surface area contributed by atoms with E-state index in [1.54, 1.807) is 25.4 Å². The van der Waals surface area contributed by atoms with Crippen LogP contribution >= 0.6 is 0 Å². The fourth-order valence-electron chi connectivity index (χ4n) is 3.16. The minimum absolute atomic E-state index is 0.0904. The summed E-state index contributed by atoms with van der Waals surface area (Å²) in [6.07, 6.45) is 3.96. The SMILES string of the molecule is C[C@H](Nc1cccnc1)C(=O)N[C@H](CC(=O)OCc1ccccc1)Cc1ccccc1. The van der Waals surface area contributed by atoms with Crippen LogP contribution < -0.4 is 10.6 Å². The Morgan fingerprint density at radius 1 is 0.935 bits per heavy atom. The van der Waals surface area contributed by atoms with E-state index in [1.165, 1.54) is 0 Å². The van der Waals surface area contributed by atoms with Gasteiger partial charge in [-0.05, 0) is 36.6 Å². The maximum Gasteiger partial charge on any atom is 0.308 e. The summed E-state index contributed by atoms with van der Waals surface area (Å²) in [5.74, 6) is -0.543. The molecule has 2 aromatic carbocycles. The molecule has 0 bridgehead atoms. The molecule has 3 rings (SSSR count). The first-order valence-electron chi connectivity index (χ1n) is 10.3. The number of benzene rings is 2. The Morgan fingerprint density at radius 2 is 1.61 bits per heavy atom. The number of aromatic nitrogens is 1. The molecule has 1 heterocycles. The second-order valence-corrected chi connectivity index (χ2v) is 7.35. The average molecular weight is 418 g/mol. The molecule has 0 unspecified atom stereocenters. The summed E-state index contributed by atoms with van der Waals surface area (Å²) in [4.78, 5) is 29.3. The minimum Gasteiger partial charge on any atom is -0.461 e. The van der Waals surface area contributed by atoms with Crippen molar-refractivity contribution in [2.75, 3.05) is 5.32 Å². The van der Waals surface area contributed by atoms with Crippen LogP contribution in [0, 0.1) is 0 Å². The smallest absolute Gasteiger partial charge is 0.308 e. The average Bonchev–Trinajstić information content (AvgIpc) is 2.79. The summed E-state index contributed by atoms with van der Waals surface area (Å²) in [5, 5.41) is 6.11. The van der Waals surface area contributed by atoms with Crippen molar-refractivity contribution in [1.29, 1.82) is 0 Å². The van der Waals surface area contributed by atoms with Gasteiger partial charge in [-0.3, -0.25) is 14.6 Å². The Morgan fingerprint density at radius 3 is 2.26 bits per heavy atom. The molecule has 0 saturated heterocycles. The van der Waals surface area contributed by atoms with Gasteiger partial charge in [0.15, 0.2) is 0 Å². The molecule has 1 aromatic heterocycles. The third kappa shape index (κ3) is 7.59. The summed E-state index contributed by atoms with van der Waals surface area (Å²) >= 11 is 0. The zero-order chi connectivity index (χ0) is 21.9. The van der Waals surface area contributed by atoms with Crippen molar-refractivity contribution in [3.05, 3.63) is 96.3 Å². The van der Waals surface area contributed by atoms with Gasteiger partial charge in [-0.2, -0.15) is 0 Å². The highest BCUT2D eigenvalue weighted by Crippen LogP contribution is 2.10. The number of nitrogens with zero attached hydrogens (tertiary/aromatic N) is 1. The topological polar surface area (TPSA) is 80.3 Å². The largest absolute Gasteiger partial charge is 0.461 e. The Hall–Kier alpha value is -3.67. The van der Waals surface area contributed by atoms with Crippen molar-refractivity contribution in [3.63, 3.8) is 0 Å². The molecular formula is C25H27N3O3. The van der Waals surface area contributed by atoms with Crippen LogP contribution in [0.2, 0.25) is 0 Å². The molecule has 31 heavy (non-hydrogen) atoms. The zero-order valence-corrected chi connectivity index (χ0v) is 17.5. The normalized spacial score (nSPS) is 12.4. The van der Waals surface area contributed by atoms with Crippen molar-refractivity contribution in [2.24, 2.45) is 0 Å². The highest BCUT2D eigenvalue weighted by molar-refractivity contribution is 5.85. The predicted molar refractivity (Wildman–Crippen MR) is 120 cm³/mol. The van der Waals surface area contributed by atoms with Gasteiger partial charge in [0.1, 0.15) is 12.6 Å². The maximum absolute atomic E-state index is 12.8. The molecule has 0 aliphatic carbocycles. The number of carbonyl (C=O) groups excluding carboxylic acids is 2. The van der Waals surface area contributed by atoms with E-state index >= 15 is 0 Å². The van der Waals surface area contributed by atoms with E-state index in [9.17, 15) is 9.59 Å². The van der Waals surface area contributed by atoms with E-state index < -0.39 is 6.04 Å². The molecule has 0 aliphatic rings. The summed E-state index contributed by atoms with van der Waals surface area (Å²) in [6, 6.07) is 22.1. The van der Waals surface area contributed by atoms with Gasteiger partial charge >= 0.3 is 5.97 Å². The lowest BCUT2D eigenvalue weighted by Gasteiger charge is -2.22. The van der Waals surface area contributed by atoms with Gasteiger partial charge in [-0.15, -0.1) is 0 Å². The van der Waals surface area contributed by atoms with Crippen molar-refractivity contribution < 1.29 is 14.3 Å². The van der Waals surface area contributed by atoms with Crippen LogP contribution in [0.1, 0.15) is 24.5 Å². The van der Waals surface area contributed by atoms with Crippen molar-refractivity contribution in [2.45, 2.75) is 38.5 Å². The molecule has 2 N–H and O–H groups in total. The number of ether oxygens (including phenoxy) is 1. The first kappa shape index (κ1) is 22.0. The lowest BCUT2D eigenvalue weighted by molar-refractivity contribution is -0.145. The van der Waals surface area contributed by atoms with Crippen LogP contribution in [0.25, 0.3) is 0 Å². The van der Waals surface area contributed by atoms with Crippen LogP contribution in [0.4, 0.5) is 5.69 Å². The van der Waals surface area contributed by atoms with Crippen molar-refractivity contribution in [3.8, 4) is 0 Å². The predicted octanol–water partition coefficient (Wildman–Crippen LogP) is 3.74. The number of hydrogen-bond donors (Lipinski definition) is 2. The number of anilines is 1. The molecule has 0 radical (unpaired) electrons. The fourth-order valence-corrected chi connectivity index (χ4v) is 3.16. The molecule has 1 amide bonds. The quantitative estimate of drug-likeness (QED) is 0.491. The van der Waals surface area contributed by atoms with Crippen LogP contribution in [-0.2, 0) is 27.4 Å². The Labute approximate surface area is 182 Å². The molecule has 0 fully saturated rings.